The van der Waals surface area contributed by atoms with Gasteiger partial charge in [-0.1, -0.05) is 33.6 Å². The molecule has 0 aliphatic carbocycles. The summed E-state index contributed by atoms with van der Waals surface area (Å²) in [6, 6.07) is 10.1. The van der Waals surface area contributed by atoms with Crippen molar-refractivity contribution in [1.82, 2.24) is 15.8 Å². The number of benzene rings is 1. The van der Waals surface area contributed by atoms with E-state index in [4.69, 9.17) is 16.3 Å². The number of hydrogen-bond acceptors (Lipinski definition) is 4. The molecule has 6 nitrogen and oxygen atoms in total. The molecule has 0 fully saturated rings. The topological polar surface area (TPSA) is 80.3 Å². The molecule has 1 atom stereocenters. The summed E-state index contributed by atoms with van der Waals surface area (Å²) in [7, 11) is 0. The molecule has 1 heterocycles. The quantitative estimate of drug-likeness (QED) is 0.613. The third-order valence-corrected chi connectivity index (χ3v) is 3.48. The molecule has 1 aromatic heterocycles. The van der Waals surface area contributed by atoms with Crippen LogP contribution in [-0.4, -0.2) is 22.9 Å². The zero-order chi connectivity index (χ0) is 16.8. The number of hydrogen-bond donors (Lipinski definition) is 2. The number of nitrogens with one attached hydrogen (secondary N) is 2. The van der Waals surface area contributed by atoms with E-state index in [1.54, 1.807) is 25.1 Å². The molecule has 2 amide bonds. The molecule has 1 aromatic carbocycles. The first-order chi connectivity index (χ1) is 11.0. The van der Waals surface area contributed by atoms with E-state index in [1.165, 1.54) is 18.3 Å². The van der Waals surface area contributed by atoms with E-state index in [2.05, 4.69) is 31.8 Å². The van der Waals surface area contributed by atoms with Gasteiger partial charge in [-0.05, 0) is 37.3 Å². The maximum absolute atomic E-state index is 11.9. The number of rotatable bonds is 4. The first kappa shape index (κ1) is 17.2. The van der Waals surface area contributed by atoms with E-state index in [1.807, 2.05) is 6.07 Å². The average molecular weight is 399 g/mol. The third kappa shape index (κ3) is 5.22. The molecule has 23 heavy (non-hydrogen) atoms. The Morgan fingerprint density at radius 1 is 1.26 bits per heavy atom. The van der Waals surface area contributed by atoms with Gasteiger partial charge >= 0.3 is 0 Å². The van der Waals surface area contributed by atoms with Gasteiger partial charge in [0.2, 0.25) is 0 Å². The highest BCUT2D eigenvalue weighted by Gasteiger charge is 2.16. The van der Waals surface area contributed by atoms with Crippen LogP contribution in [0.25, 0.3) is 0 Å². The fourth-order valence-electron chi connectivity index (χ4n) is 1.60. The Labute approximate surface area is 146 Å². The van der Waals surface area contributed by atoms with Crippen LogP contribution in [0, 0.1) is 0 Å². The van der Waals surface area contributed by atoms with Crippen molar-refractivity contribution in [3.63, 3.8) is 0 Å². The molecule has 120 valence electrons. The lowest BCUT2D eigenvalue weighted by Gasteiger charge is -2.15. The van der Waals surface area contributed by atoms with Crippen LogP contribution in [0.1, 0.15) is 17.3 Å². The molecule has 0 aliphatic heterocycles. The summed E-state index contributed by atoms with van der Waals surface area (Å²) in [6.07, 6.45) is 0.526. The molecule has 0 saturated heterocycles. The van der Waals surface area contributed by atoms with E-state index in [0.717, 1.165) is 4.47 Å². The van der Waals surface area contributed by atoms with Crippen molar-refractivity contribution in [2.24, 2.45) is 0 Å². The second-order valence-electron chi connectivity index (χ2n) is 4.53. The summed E-state index contributed by atoms with van der Waals surface area (Å²) in [5, 5.41) is 0.279. The lowest BCUT2D eigenvalue weighted by Crippen LogP contribution is -2.47. The molecule has 0 spiro atoms. The molecule has 0 radical (unpaired) electrons. The molecule has 8 heteroatoms. The Bertz CT molecular complexity index is 709. The lowest BCUT2D eigenvalue weighted by atomic mass is 10.3. The molecule has 2 aromatic rings. The molecule has 0 bridgehead atoms. The van der Waals surface area contributed by atoms with E-state index >= 15 is 0 Å². The Hall–Kier alpha value is -2.12. The van der Waals surface area contributed by atoms with Crippen molar-refractivity contribution in [1.29, 1.82) is 0 Å². The van der Waals surface area contributed by atoms with Crippen LogP contribution < -0.4 is 15.6 Å². The van der Waals surface area contributed by atoms with Gasteiger partial charge in [0.25, 0.3) is 11.8 Å². The van der Waals surface area contributed by atoms with E-state index in [9.17, 15) is 9.59 Å². The summed E-state index contributed by atoms with van der Waals surface area (Å²) >= 11 is 8.96. The fourth-order valence-corrected chi connectivity index (χ4v) is 2.09. The van der Waals surface area contributed by atoms with E-state index in [0.29, 0.717) is 5.75 Å². The maximum Gasteiger partial charge on any atom is 0.279 e. The Balaban J connectivity index is 1.86. The van der Waals surface area contributed by atoms with Gasteiger partial charge in [0.1, 0.15) is 10.9 Å². The average Bonchev–Trinajstić information content (AvgIpc) is 2.53. The van der Waals surface area contributed by atoms with Crippen molar-refractivity contribution in [3.05, 3.63) is 57.8 Å². The number of pyridine rings is 1. The van der Waals surface area contributed by atoms with Crippen molar-refractivity contribution in [3.8, 4) is 5.75 Å². The molecule has 0 aliphatic rings. The Morgan fingerprint density at radius 3 is 2.70 bits per heavy atom. The van der Waals surface area contributed by atoms with Gasteiger partial charge in [0.15, 0.2) is 6.10 Å². The van der Waals surface area contributed by atoms with Gasteiger partial charge in [0.05, 0.1) is 5.56 Å². The molecule has 0 unspecified atom stereocenters. The Morgan fingerprint density at radius 2 is 2.04 bits per heavy atom. The summed E-state index contributed by atoms with van der Waals surface area (Å²) in [6.45, 7) is 1.58. The molecular weight excluding hydrogens is 386 g/mol. The monoisotopic (exact) mass is 397 g/mol. The van der Waals surface area contributed by atoms with Crippen LogP contribution in [0.3, 0.4) is 0 Å². The number of amides is 2. The van der Waals surface area contributed by atoms with E-state index < -0.39 is 17.9 Å². The van der Waals surface area contributed by atoms with Gasteiger partial charge in [-0.25, -0.2) is 4.98 Å². The van der Waals surface area contributed by atoms with Crippen LogP contribution in [0.4, 0.5) is 0 Å². The smallest absolute Gasteiger partial charge is 0.279 e. The minimum atomic E-state index is -0.784. The molecule has 0 saturated carbocycles. The van der Waals surface area contributed by atoms with Crippen LogP contribution in [0.5, 0.6) is 5.75 Å². The van der Waals surface area contributed by atoms with Crippen LogP contribution in [0.2, 0.25) is 5.15 Å². The van der Waals surface area contributed by atoms with Gasteiger partial charge in [-0.3, -0.25) is 20.4 Å². The van der Waals surface area contributed by atoms with E-state index in [-0.39, 0.29) is 10.7 Å². The highest BCUT2D eigenvalue weighted by Crippen LogP contribution is 2.18. The first-order valence-corrected chi connectivity index (χ1v) is 7.77. The van der Waals surface area contributed by atoms with Crippen LogP contribution >= 0.6 is 27.5 Å². The van der Waals surface area contributed by atoms with Crippen molar-refractivity contribution in [2.75, 3.05) is 0 Å². The maximum atomic E-state index is 11.9. The largest absolute Gasteiger partial charge is 0.481 e. The van der Waals surface area contributed by atoms with Gasteiger partial charge in [-0.2, -0.15) is 0 Å². The predicted molar refractivity (Wildman–Crippen MR) is 89.1 cm³/mol. The summed E-state index contributed by atoms with van der Waals surface area (Å²) in [4.78, 5) is 27.5. The minimum Gasteiger partial charge on any atom is -0.481 e. The highest BCUT2D eigenvalue weighted by molar-refractivity contribution is 9.10. The first-order valence-electron chi connectivity index (χ1n) is 6.59. The molecule has 2 N–H and O–H groups in total. The minimum absolute atomic E-state index is 0.273. The number of halogens is 2. The van der Waals surface area contributed by atoms with Gasteiger partial charge in [0, 0.05) is 10.7 Å². The SMILES string of the molecule is C[C@H](Oc1cccc(Br)c1)C(=O)NNC(=O)c1ccc(Cl)nc1. The second kappa shape index (κ2) is 7.94. The van der Waals surface area contributed by atoms with Crippen LogP contribution in [-0.2, 0) is 4.79 Å². The lowest BCUT2D eigenvalue weighted by molar-refractivity contribution is -0.128. The zero-order valence-corrected chi connectivity index (χ0v) is 14.4. The number of aromatic nitrogens is 1. The predicted octanol–water partition coefficient (Wildman–Crippen LogP) is 2.73. The molecular formula is C15H13BrClN3O3. The number of hydrazine groups is 1. The highest BCUT2D eigenvalue weighted by atomic mass is 79.9. The Kier molecular flexibility index (Phi) is 5.95. The third-order valence-electron chi connectivity index (χ3n) is 2.77. The van der Waals surface area contributed by atoms with Crippen molar-refractivity contribution >= 4 is 39.3 Å². The normalized spacial score (nSPS) is 11.4. The summed E-state index contributed by atoms with van der Waals surface area (Å²) < 4.78 is 6.33. The fraction of sp³-hybridized carbons (Fsp3) is 0.133. The number of carbonyl (C=O) groups is 2. The van der Waals surface area contributed by atoms with Gasteiger partial charge < -0.3 is 4.74 Å². The van der Waals surface area contributed by atoms with Gasteiger partial charge in [-0.15, -0.1) is 0 Å². The zero-order valence-electron chi connectivity index (χ0n) is 12.0. The van der Waals surface area contributed by atoms with Crippen molar-refractivity contribution in [2.45, 2.75) is 13.0 Å². The number of nitrogens with zero attached hydrogens (tertiary/aromatic N) is 1. The number of carbonyl (C=O) groups excluding carboxylic acids is 2. The van der Waals surface area contributed by atoms with Crippen LogP contribution in [0.15, 0.2) is 47.1 Å². The number of ether oxygens (including phenoxy) is 1. The summed E-state index contributed by atoms with van der Waals surface area (Å²) in [5.41, 5.74) is 4.85. The molecule has 2 rings (SSSR count). The standard InChI is InChI=1S/C15H13BrClN3O3/c1-9(23-12-4-2-3-11(16)7-12)14(21)19-20-15(22)10-5-6-13(17)18-8-10/h2-9H,1H3,(H,19,21)(H,20,22)/t9-/m0/s1. The second-order valence-corrected chi connectivity index (χ2v) is 5.83. The summed E-state index contributed by atoms with van der Waals surface area (Å²) in [5.74, 6) is -0.451. The van der Waals surface area contributed by atoms with Crippen molar-refractivity contribution < 1.29 is 14.3 Å².